The zero-order valence-corrected chi connectivity index (χ0v) is 19.7. The molecule has 0 spiro atoms. The fourth-order valence-electron chi connectivity index (χ4n) is 3.92. The third kappa shape index (κ3) is 17.4. The van der Waals surface area contributed by atoms with Crippen LogP contribution < -0.4 is 4.70 Å². The average Bonchev–Trinajstić information content (AvgIpc) is 2.68. The van der Waals surface area contributed by atoms with E-state index >= 15 is 0 Å². The van der Waals surface area contributed by atoms with Gasteiger partial charge >= 0.3 is 0 Å². The van der Waals surface area contributed by atoms with E-state index in [1.54, 1.807) is 0 Å². The molecule has 0 saturated carbocycles. The molecule has 0 aliphatic rings. The zero-order chi connectivity index (χ0) is 20.3. The van der Waals surface area contributed by atoms with Gasteiger partial charge in [-0.1, -0.05) is 121 Å². The molecule has 1 rings (SSSR count). The summed E-state index contributed by atoms with van der Waals surface area (Å²) < 4.78 is 0.933. The molecule has 0 atom stereocenters. The Morgan fingerprint density at radius 2 is 1.10 bits per heavy atom. The molecule has 29 heavy (non-hydrogen) atoms. The van der Waals surface area contributed by atoms with E-state index in [0.717, 1.165) is 11.0 Å². The molecule has 1 aromatic carbocycles. The van der Waals surface area contributed by atoms with Gasteiger partial charge in [0.15, 0.2) is 0 Å². The first-order valence-corrected chi connectivity index (χ1v) is 12.2. The van der Waals surface area contributed by atoms with Gasteiger partial charge in [0.1, 0.15) is 6.54 Å². The van der Waals surface area contributed by atoms with Crippen molar-refractivity contribution in [1.29, 1.82) is 0 Å². The molecule has 0 fully saturated rings. The summed E-state index contributed by atoms with van der Waals surface area (Å²) in [5.41, 5.74) is 1.41. The molecule has 1 aromatic rings. The van der Waals surface area contributed by atoms with E-state index in [1.807, 2.05) is 0 Å². The van der Waals surface area contributed by atoms with Gasteiger partial charge in [0.25, 0.3) is 0 Å². The summed E-state index contributed by atoms with van der Waals surface area (Å²) in [6.07, 6.45) is 26.1. The van der Waals surface area contributed by atoms with Crippen molar-refractivity contribution < 1.29 is 9.19 Å². The highest BCUT2D eigenvalue weighted by molar-refractivity contribution is 5.13. The highest BCUT2D eigenvalue weighted by Crippen LogP contribution is 2.14. The summed E-state index contributed by atoms with van der Waals surface area (Å²) in [5.74, 6) is 0. The molecule has 0 amide bonds. The van der Waals surface area contributed by atoms with Crippen LogP contribution in [-0.4, -0.2) is 18.6 Å². The number of nitrogens with zero attached hydrogens (tertiary/aromatic N) is 1. The standard InChI is InChI=1S/C27H48N.FH/c1-4-5-6-7-8-9-10-11-12-13-14-15-16-17-18-22-25-28(2,3)26-27-23-20-19-21-24-27;/h19-25H,4-18,26H2,1-3H3;1H/q+1;/p-1/b25-22+;. The maximum atomic E-state index is 2.39. The number of halogens is 1. The Balaban J connectivity index is 0.00000784. The minimum atomic E-state index is 0. The van der Waals surface area contributed by atoms with Crippen LogP contribution in [0.5, 0.6) is 0 Å². The molecule has 0 bridgehead atoms. The second-order valence-corrected chi connectivity index (χ2v) is 9.19. The van der Waals surface area contributed by atoms with E-state index in [2.05, 4.69) is 63.6 Å². The van der Waals surface area contributed by atoms with E-state index in [9.17, 15) is 0 Å². The first kappa shape index (κ1) is 27.8. The summed E-state index contributed by atoms with van der Waals surface area (Å²) in [6.45, 7) is 3.36. The first-order valence-electron chi connectivity index (χ1n) is 12.2. The van der Waals surface area contributed by atoms with Crippen molar-refractivity contribution in [2.45, 2.75) is 110 Å². The minimum Gasteiger partial charge on any atom is -1.00 e. The normalized spacial score (nSPS) is 11.7. The quantitative estimate of drug-likeness (QED) is 0.219. The van der Waals surface area contributed by atoms with Crippen LogP contribution >= 0.6 is 0 Å². The molecular weight excluding hydrogens is 357 g/mol. The van der Waals surface area contributed by atoms with Crippen molar-refractivity contribution >= 4 is 0 Å². The average molecular weight is 406 g/mol. The van der Waals surface area contributed by atoms with Crippen molar-refractivity contribution in [3.05, 3.63) is 48.2 Å². The third-order valence-corrected chi connectivity index (χ3v) is 5.67. The smallest absolute Gasteiger partial charge is 0.108 e. The van der Waals surface area contributed by atoms with Gasteiger partial charge in [-0.15, -0.1) is 0 Å². The second kappa shape index (κ2) is 18.9. The maximum Gasteiger partial charge on any atom is 0.108 e. The zero-order valence-electron chi connectivity index (χ0n) is 19.7. The molecule has 1 nitrogen and oxygen atoms in total. The Morgan fingerprint density at radius 3 is 1.59 bits per heavy atom. The first-order chi connectivity index (χ1) is 13.6. The fraction of sp³-hybridized carbons (Fsp3) is 0.704. The lowest BCUT2D eigenvalue weighted by atomic mass is 10.0. The lowest BCUT2D eigenvalue weighted by molar-refractivity contribution is -0.852. The van der Waals surface area contributed by atoms with Crippen LogP contribution in [0.2, 0.25) is 0 Å². The number of hydrogen-bond acceptors (Lipinski definition) is 0. The number of unbranched alkanes of at least 4 members (excludes halogenated alkanes) is 14. The number of benzene rings is 1. The molecule has 2 heteroatoms. The van der Waals surface area contributed by atoms with Crippen LogP contribution in [0.4, 0.5) is 0 Å². The van der Waals surface area contributed by atoms with Crippen LogP contribution in [0, 0.1) is 0 Å². The van der Waals surface area contributed by atoms with E-state index in [1.165, 1.54) is 102 Å². The topological polar surface area (TPSA) is 0 Å². The summed E-state index contributed by atoms with van der Waals surface area (Å²) in [4.78, 5) is 0. The number of quaternary nitrogens is 1. The van der Waals surface area contributed by atoms with Crippen LogP contribution in [0.3, 0.4) is 0 Å². The van der Waals surface area contributed by atoms with Gasteiger partial charge in [-0.2, -0.15) is 0 Å². The molecule has 0 heterocycles. The number of rotatable bonds is 18. The molecule has 0 aliphatic carbocycles. The summed E-state index contributed by atoms with van der Waals surface area (Å²) in [5, 5.41) is 0. The monoisotopic (exact) mass is 405 g/mol. The fourth-order valence-corrected chi connectivity index (χ4v) is 3.92. The third-order valence-electron chi connectivity index (χ3n) is 5.67. The molecular formula is C27H48FN. The molecule has 0 N–H and O–H groups in total. The van der Waals surface area contributed by atoms with Gasteiger partial charge in [-0.25, -0.2) is 0 Å². The largest absolute Gasteiger partial charge is 1.00 e. The van der Waals surface area contributed by atoms with Gasteiger partial charge in [-0.3, -0.25) is 4.48 Å². The van der Waals surface area contributed by atoms with Crippen LogP contribution in [-0.2, 0) is 6.54 Å². The van der Waals surface area contributed by atoms with Crippen LogP contribution in [0.1, 0.15) is 109 Å². The molecule has 0 saturated heterocycles. The predicted octanol–water partition coefficient (Wildman–Crippen LogP) is 5.65. The Hall–Kier alpha value is -1.15. The predicted molar refractivity (Wildman–Crippen MR) is 126 cm³/mol. The van der Waals surface area contributed by atoms with Crippen molar-refractivity contribution in [3.63, 3.8) is 0 Å². The Labute approximate surface area is 181 Å². The molecule has 168 valence electrons. The maximum absolute atomic E-state index is 2.39. The van der Waals surface area contributed by atoms with Crippen LogP contribution in [0.15, 0.2) is 42.6 Å². The molecule has 0 aromatic heterocycles. The lowest BCUT2D eigenvalue weighted by Gasteiger charge is -2.25. The van der Waals surface area contributed by atoms with Gasteiger partial charge in [-0.05, 0) is 18.9 Å². The van der Waals surface area contributed by atoms with E-state index in [0.29, 0.717) is 0 Å². The highest BCUT2D eigenvalue weighted by atomic mass is 19.0. The van der Waals surface area contributed by atoms with Crippen molar-refractivity contribution in [2.24, 2.45) is 0 Å². The van der Waals surface area contributed by atoms with Crippen molar-refractivity contribution in [3.8, 4) is 0 Å². The highest BCUT2D eigenvalue weighted by Gasteiger charge is 2.11. The van der Waals surface area contributed by atoms with Crippen molar-refractivity contribution in [1.82, 2.24) is 0 Å². The molecule has 0 aliphatic heterocycles. The molecule has 0 unspecified atom stereocenters. The van der Waals surface area contributed by atoms with Gasteiger partial charge in [0.2, 0.25) is 0 Å². The van der Waals surface area contributed by atoms with Gasteiger partial charge in [0, 0.05) is 5.56 Å². The van der Waals surface area contributed by atoms with Crippen molar-refractivity contribution in [2.75, 3.05) is 14.1 Å². The SMILES string of the molecule is CCCCCCCCCCCCCCCC/C=C/[N+](C)(C)Cc1ccccc1.[F-]. The van der Waals surface area contributed by atoms with Crippen LogP contribution in [0.25, 0.3) is 0 Å². The van der Waals surface area contributed by atoms with E-state index < -0.39 is 0 Å². The Kier molecular flexibility index (Phi) is 18.1. The summed E-state index contributed by atoms with van der Waals surface area (Å²) >= 11 is 0. The number of allylic oxidation sites excluding steroid dienone is 1. The lowest BCUT2D eigenvalue weighted by Crippen LogP contribution is -3.00. The Bertz CT molecular complexity index is 481. The van der Waals surface area contributed by atoms with E-state index in [-0.39, 0.29) is 4.70 Å². The second-order valence-electron chi connectivity index (χ2n) is 9.19. The van der Waals surface area contributed by atoms with E-state index in [4.69, 9.17) is 0 Å². The Morgan fingerprint density at radius 1 is 0.655 bits per heavy atom. The van der Waals surface area contributed by atoms with Gasteiger partial charge < -0.3 is 4.70 Å². The number of hydrogen-bond donors (Lipinski definition) is 0. The molecule has 0 radical (unpaired) electrons. The summed E-state index contributed by atoms with van der Waals surface area (Å²) in [7, 11) is 4.57. The minimum absolute atomic E-state index is 0. The van der Waals surface area contributed by atoms with Gasteiger partial charge in [0.05, 0.1) is 20.3 Å². The summed E-state index contributed by atoms with van der Waals surface area (Å²) in [6, 6.07) is 10.8.